The maximum absolute atomic E-state index is 13.0. The summed E-state index contributed by atoms with van der Waals surface area (Å²) < 4.78 is 5.92. The predicted molar refractivity (Wildman–Crippen MR) is 127 cm³/mol. The summed E-state index contributed by atoms with van der Waals surface area (Å²) in [7, 11) is 0. The summed E-state index contributed by atoms with van der Waals surface area (Å²) in [6.45, 7) is 11.1. The third-order valence-corrected chi connectivity index (χ3v) is 6.86. The molecule has 0 unspecified atom stereocenters. The highest BCUT2D eigenvalue weighted by Crippen LogP contribution is 2.22. The number of carbonyl (C=O) groups is 1. The molecule has 31 heavy (non-hydrogen) atoms. The molecule has 1 aliphatic rings. The van der Waals surface area contributed by atoms with Gasteiger partial charge in [-0.15, -0.1) is 11.3 Å². The molecule has 4 rings (SSSR count). The second-order valence-corrected chi connectivity index (χ2v) is 9.32. The van der Waals surface area contributed by atoms with Crippen LogP contribution < -0.4 is 4.74 Å². The highest BCUT2D eigenvalue weighted by Gasteiger charge is 2.23. The van der Waals surface area contributed by atoms with Crippen LogP contribution in [-0.2, 0) is 13.2 Å². The molecular formula is C26H30N2O2S. The van der Waals surface area contributed by atoms with Gasteiger partial charge in [0.1, 0.15) is 12.4 Å². The van der Waals surface area contributed by atoms with Gasteiger partial charge in [0.15, 0.2) is 0 Å². The van der Waals surface area contributed by atoms with Crippen LogP contribution in [0, 0.1) is 20.8 Å². The van der Waals surface area contributed by atoms with Gasteiger partial charge < -0.3 is 9.64 Å². The van der Waals surface area contributed by atoms with E-state index in [0.29, 0.717) is 6.61 Å². The van der Waals surface area contributed by atoms with Crippen LogP contribution in [0.1, 0.15) is 37.5 Å². The van der Waals surface area contributed by atoms with Crippen LogP contribution >= 0.6 is 11.3 Å². The number of aryl methyl sites for hydroxylation is 3. The molecule has 5 heteroatoms. The quantitative estimate of drug-likeness (QED) is 0.534. The molecule has 0 N–H and O–H groups in total. The molecular weight excluding hydrogens is 404 g/mol. The number of hydrogen-bond donors (Lipinski definition) is 0. The molecule has 1 aliphatic heterocycles. The Balaban J connectivity index is 1.28. The molecule has 0 atom stereocenters. The van der Waals surface area contributed by atoms with Crippen LogP contribution in [0.2, 0.25) is 0 Å². The van der Waals surface area contributed by atoms with Crippen molar-refractivity contribution in [2.24, 2.45) is 0 Å². The molecule has 1 aromatic heterocycles. The Morgan fingerprint density at radius 3 is 2.48 bits per heavy atom. The summed E-state index contributed by atoms with van der Waals surface area (Å²) in [6, 6.07) is 16.8. The normalized spacial score (nSPS) is 14.6. The van der Waals surface area contributed by atoms with Crippen molar-refractivity contribution in [2.75, 3.05) is 26.2 Å². The molecule has 162 valence electrons. The molecule has 1 fully saturated rings. The number of piperazine rings is 1. The van der Waals surface area contributed by atoms with Gasteiger partial charge >= 0.3 is 0 Å². The maximum Gasteiger partial charge on any atom is 0.264 e. The minimum absolute atomic E-state index is 0.137. The number of rotatable bonds is 6. The van der Waals surface area contributed by atoms with E-state index >= 15 is 0 Å². The number of nitrogens with zero attached hydrogens (tertiary/aromatic N) is 2. The fourth-order valence-corrected chi connectivity index (χ4v) is 4.73. The van der Waals surface area contributed by atoms with Gasteiger partial charge in [0.05, 0.1) is 4.88 Å². The van der Waals surface area contributed by atoms with E-state index < -0.39 is 0 Å². The molecule has 4 nitrogen and oxygen atoms in total. The van der Waals surface area contributed by atoms with Gasteiger partial charge in [-0.25, -0.2) is 0 Å². The molecule has 3 aromatic rings. The fraction of sp³-hybridized carbons (Fsp3) is 0.346. The number of carbonyl (C=O) groups excluding carboxylic acids is 1. The minimum atomic E-state index is 0.137. The fourth-order valence-electron chi connectivity index (χ4n) is 3.87. The van der Waals surface area contributed by atoms with Gasteiger partial charge in [-0.2, -0.15) is 0 Å². The van der Waals surface area contributed by atoms with Crippen molar-refractivity contribution in [1.82, 2.24) is 9.80 Å². The molecule has 0 aliphatic carbocycles. The molecule has 2 aromatic carbocycles. The van der Waals surface area contributed by atoms with Crippen molar-refractivity contribution < 1.29 is 9.53 Å². The largest absolute Gasteiger partial charge is 0.489 e. The van der Waals surface area contributed by atoms with Crippen molar-refractivity contribution in [1.29, 1.82) is 0 Å². The van der Waals surface area contributed by atoms with E-state index in [2.05, 4.69) is 62.1 Å². The number of amides is 1. The van der Waals surface area contributed by atoms with E-state index in [4.69, 9.17) is 4.74 Å². The molecule has 2 heterocycles. The van der Waals surface area contributed by atoms with Crippen LogP contribution in [0.3, 0.4) is 0 Å². The van der Waals surface area contributed by atoms with E-state index in [1.54, 1.807) is 0 Å². The molecule has 0 bridgehead atoms. The van der Waals surface area contributed by atoms with Gasteiger partial charge in [0, 0.05) is 38.3 Å². The predicted octanol–water partition coefficient (Wildman–Crippen LogP) is 5.21. The molecule has 0 radical (unpaired) electrons. The first kappa shape index (κ1) is 21.6. The SMILES string of the molecule is Cc1cccc(CN2CCN(C(=O)c3cc(COc4ccc(C)c(C)c4)cs3)CC2)c1. The minimum Gasteiger partial charge on any atom is -0.489 e. The number of thiophene rings is 1. The molecule has 1 saturated heterocycles. The van der Waals surface area contributed by atoms with Crippen LogP contribution in [0.5, 0.6) is 5.75 Å². The lowest BCUT2D eigenvalue weighted by Crippen LogP contribution is -2.48. The van der Waals surface area contributed by atoms with Gasteiger partial charge in [0.25, 0.3) is 5.91 Å². The standard InChI is InChI=1S/C26H30N2O2S/c1-19-5-4-6-22(13-19)16-27-9-11-28(12-10-27)26(29)25-15-23(18-31-25)17-30-24-8-7-20(2)21(3)14-24/h4-8,13-15,18H,9-12,16-17H2,1-3H3. The third-order valence-electron chi connectivity index (χ3n) is 5.90. The maximum atomic E-state index is 13.0. The van der Waals surface area contributed by atoms with Crippen LogP contribution in [0.25, 0.3) is 0 Å². The lowest BCUT2D eigenvalue weighted by Gasteiger charge is -2.34. The first-order chi connectivity index (χ1) is 15.0. The van der Waals surface area contributed by atoms with Gasteiger partial charge in [-0.1, -0.05) is 35.9 Å². The Morgan fingerprint density at radius 1 is 0.935 bits per heavy atom. The lowest BCUT2D eigenvalue weighted by atomic mass is 10.1. The highest BCUT2D eigenvalue weighted by atomic mass is 32.1. The highest BCUT2D eigenvalue weighted by molar-refractivity contribution is 7.12. The Kier molecular flexibility index (Phi) is 6.73. The summed E-state index contributed by atoms with van der Waals surface area (Å²) in [5.41, 5.74) is 6.16. The zero-order valence-corrected chi connectivity index (χ0v) is 19.4. The number of hydrogen-bond acceptors (Lipinski definition) is 4. The van der Waals surface area contributed by atoms with Crippen molar-refractivity contribution in [3.8, 4) is 5.75 Å². The van der Waals surface area contributed by atoms with Crippen molar-refractivity contribution in [3.63, 3.8) is 0 Å². The summed E-state index contributed by atoms with van der Waals surface area (Å²) in [5, 5.41) is 2.03. The van der Waals surface area contributed by atoms with Crippen LogP contribution in [0.4, 0.5) is 0 Å². The second kappa shape index (κ2) is 9.67. The van der Waals surface area contributed by atoms with Gasteiger partial charge in [-0.05, 0) is 61.0 Å². The Bertz CT molecular complexity index is 1050. The second-order valence-electron chi connectivity index (χ2n) is 8.41. The Labute approximate surface area is 189 Å². The lowest BCUT2D eigenvalue weighted by molar-refractivity contribution is 0.0633. The van der Waals surface area contributed by atoms with E-state index in [0.717, 1.165) is 48.9 Å². The molecule has 0 spiro atoms. The van der Waals surface area contributed by atoms with Crippen molar-refractivity contribution in [2.45, 2.75) is 33.9 Å². The third kappa shape index (κ3) is 5.54. The van der Waals surface area contributed by atoms with Crippen molar-refractivity contribution >= 4 is 17.2 Å². The van der Waals surface area contributed by atoms with E-state index in [-0.39, 0.29) is 5.91 Å². The summed E-state index contributed by atoms with van der Waals surface area (Å²) in [5.74, 6) is 1.00. The van der Waals surface area contributed by atoms with Gasteiger partial charge in [0.2, 0.25) is 0 Å². The van der Waals surface area contributed by atoms with E-state index in [1.807, 2.05) is 22.4 Å². The number of ether oxygens (including phenoxy) is 1. The van der Waals surface area contributed by atoms with Crippen molar-refractivity contribution in [3.05, 3.63) is 86.6 Å². The molecule has 1 amide bonds. The Hall–Kier alpha value is -2.63. The average molecular weight is 435 g/mol. The molecule has 0 saturated carbocycles. The number of benzene rings is 2. The zero-order chi connectivity index (χ0) is 21.8. The topological polar surface area (TPSA) is 32.8 Å². The smallest absolute Gasteiger partial charge is 0.264 e. The first-order valence-corrected chi connectivity index (χ1v) is 11.7. The Morgan fingerprint density at radius 2 is 1.74 bits per heavy atom. The summed E-state index contributed by atoms with van der Waals surface area (Å²) >= 11 is 1.51. The first-order valence-electron chi connectivity index (χ1n) is 10.8. The summed E-state index contributed by atoms with van der Waals surface area (Å²) in [6.07, 6.45) is 0. The van der Waals surface area contributed by atoms with Crippen LogP contribution in [-0.4, -0.2) is 41.9 Å². The van der Waals surface area contributed by atoms with E-state index in [1.165, 1.54) is 33.6 Å². The van der Waals surface area contributed by atoms with E-state index in [9.17, 15) is 4.79 Å². The average Bonchev–Trinajstić information content (AvgIpc) is 3.24. The summed E-state index contributed by atoms with van der Waals surface area (Å²) in [4.78, 5) is 18.2. The zero-order valence-electron chi connectivity index (χ0n) is 18.6. The van der Waals surface area contributed by atoms with Crippen LogP contribution in [0.15, 0.2) is 53.9 Å². The monoisotopic (exact) mass is 434 g/mol. The van der Waals surface area contributed by atoms with Gasteiger partial charge in [-0.3, -0.25) is 9.69 Å².